The van der Waals surface area contributed by atoms with Crippen molar-refractivity contribution in [3.8, 4) is 11.4 Å². The number of halogens is 2. The summed E-state index contributed by atoms with van der Waals surface area (Å²) >= 11 is 8.12. The molecule has 0 unspecified atom stereocenters. The predicted molar refractivity (Wildman–Crippen MR) is 141 cm³/mol. The quantitative estimate of drug-likeness (QED) is 0.281. The van der Waals surface area contributed by atoms with Crippen molar-refractivity contribution in [1.29, 1.82) is 0 Å². The molecule has 12 heteroatoms. The molecule has 1 aliphatic heterocycles. The minimum absolute atomic E-state index is 0.143. The molecule has 0 spiro atoms. The third kappa shape index (κ3) is 5.10. The number of carbonyl (C=O) groups excluding carboxylic acids is 1. The Morgan fingerprint density at radius 1 is 1.00 bits per heavy atom. The van der Waals surface area contributed by atoms with E-state index in [9.17, 15) is 13.2 Å². The summed E-state index contributed by atoms with van der Waals surface area (Å²) in [5.74, 6) is 0.00775. The lowest BCUT2D eigenvalue weighted by Gasteiger charge is -2.19. The van der Waals surface area contributed by atoms with E-state index in [1.807, 2.05) is 30.3 Å². The molecule has 176 valence electrons. The van der Waals surface area contributed by atoms with Crippen LogP contribution in [0.4, 0.5) is 5.69 Å². The van der Waals surface area contributed by atoms with Gasteiger partial charge in [0.25, 0.3) is 5.91 Å². The van der Waals surface area contributed by atoms with E-state index in [0.717, 1.165) is 16.0 Å². The lowest BCUT2D eigenvalue weighted by Crippen LogP contribution is -2.18. The molecule has 0 bridgehead atoms. The van der Waals surface area contributed by atoms with Gasteiger partial charge in [0.05, 0.1) is 21.2 Å². The van der Waals surface area contributed by atoms with Crippen LogP contribution >= 0.6 is 43.6 Å². The maximum atomic E-state index is 13.1. The first-order chi connectivity index (χ1) is 16.8. The summed E-state index contributed by atoms with van der Waals surface area (Å²) in [6.07, 6.45) is 1.78. The summed E-state index contributed by atoms with van der Waals surface area (Å²) in [4.78, 5) is 14.2. The molecule has 35 heavy (non-hydrogen) atoms. The molecule has 0 saturated carbocycles. The highest BCUT2D eigenvalue weighted by Gasteiger charge is 2.25. The van der Waals surface area contributed by atoms with Gasteiger partial charge in [-0.05, 0) is 52.7 Å². The van der Waals surface area contributed by atoms with Crippen LogP contribution in [0.3, 0.4) is 0 Å². The summed E-state index contributed by atoms with van der Waals surface area (Å²) in [7, 11) is -3.65. The van der Waals surface area contributed by atoms with Crippen molar-refractivity contribution in [3.63, 3.8) is 0 Å². The summed E-state index contributed by atoms with van der Waals surface area (Å²) in [5.41, 5.74) is 2.74. The molecule has 2 N–H and O–H groups in total. The Hall–Kier alpha value is -2.80. The fourth-order valence-electron chi connectivity index (χ4n) is 3.44. The monoisotopic (exact) mass is 631 g/mol. The Morgan fingerprint density at radius 3 is 2.43 bits per heavy atom. The molecule has 1 aromatic heterocycles. The number of nitrogens with one attached hydrogen (secondary N) is 2. The third-order valence-corrected chi connectivity index (χ3v) is 9.44. The number of hydrogen-bond acceptors (Lipinski definition) is 7. The molecule has 0 aliphatic carbocycles. The number of H-pyrrole nitrogens is 1. The van der Waals surface area contributed by atoms with Crippen LogP contribution in [0.2, 0.25) is 0 Å². The Labute approximate surface area is 221 Å². The van der Waals surface area contributed by atoms with Gasteiger partial charge in [-0.15, -0.1) is 10.2 Å². The van der Waals surface area contributed by atoms with Gasteiger partial charge < -0.3 is 5.32 Å². The van der Waals surface area contributed by atoms with Crippen LogP contribution in [0.1, 0.15) is 11.1 Å². The Bertz CT molecular complexity index is 1550. The van der Waals surface area contributed by atoms with Gasteiger partial charge in [-0.25, -0.2) is 8.42 Å². The van der Waals surface area contributed by atoms with Crippen molar-refractivity contribution in [2.24, 2.45) is 0 Å². The van der Waals surface area contributed by atoms with Crippen molar-refractivity contribution in [3.05, 3.63) is 85.6 Å². The number of tetrazole rings is 1. The number of fused-ring (bicyclic) bond motifs is 1. The summed E-state index contributed by atoms with van der Waals surface area (Å²) in [6, 6.07) is 17.6. The number of carbonyl (C=O) groups is 1. The second kappa shape index (κ2) is 9.69. The lowest BCUT2D eigenvalue weighted by atomic mass is 10.1. The first-order valence-electron chi connectivity index (χ1n) is 10.1. The largest absolute Gasteiger partial charge is 0.320 e. The first kappa shape index (κ1) is 23.9. The molecule has 2 heterocycles. The van der Waals surface area contributed by atoms with E-state index in [1.165, 1.54) is 17.8 Å². The van der Waals surface area contributed by atoms with Crippen molar-refractivity contribution >= 4 is 71.1 Å². The number of aromatic nitrogens is 4. The zero-order valence-electron chi connectivity index (χ0n) is 17.7. The number of hydrogen-bond donors (Lipinski definition) is 2. The SMILES string of the molecule is O=C1Nc2cc(S(=O)(=O)Cc3c(Br)cccc3Br)ccc2S/C1=C\c1ccc(-c2nn[nH]n2)cc1. The molecule has 1 aliphatic rings. The second-order valence-corrected chi connectivity index (χ2v) is 12.3. The number of sulfone groups is 1. The van der Waals surface area contributed by atoms with Crippen molar-refractivity contribution in [2.45, 2.75) is 15.5 Å². The highest BCUT2D eigenvalue weighted by Crippen LogP contribution is 2.40. The molecule has 0 radical (unpaired) electrons. The topological polar surface area (TPSA) is 118 Å². The molecule has 0 saturated heterocycles. The number of benzene rings is 3. The normalized spacial score (nSPS) is 14.6. The van der Waals surface area contributed by atoms with Crippen LogP contribution in [0, 0.1) is 0 Å². The average Bonchev–Trinajstić information content (AvgIpc) is 3.37. The predicted octanol–water partition coefficient (Wildman–Crippen LogP) is 5.45. The van der Waals surface area contributed by atoms with Crippen molar-refractivity contribution in [2.75, 3.05) is 5.32 Å². The zero-order valence-corrected chi connectivity index (χ0v) is 22.5. The number of amides is 1. The van der Waals surface area contributed by atoms with Crippen LogP contribution in [-0.2, 0) is 20.4 Å². The molecular weight excluding hydrogens is 618 g/mol. The maximum Gasteiger partial charge on any atom is 0.262 e. The van der Waals surface area contributed by atoms with Crippen LogP contribution in [0.25, 0.3) is 17.5 Å². The lowest BCUT2D eigenvalue weighted by molar-refractivity contribution is -0.112. The third-order valence-electron chi connectivity index (χ3n) is 5.21. The van der Waals surface area contributed by atoms with Gasteiger partial charge in [-0.3, -0.25) is 4.79 Å². The second-order valence-electron chi connectivity index (χ2n) is 7.54. The fourth-order valence-corrected chi connectivity index (χ4v) is 7.45. The summed E-state index contributed by atoms with van der Waals surface area (Å²) in [6.45, 7) is 0. The van der Waals surface area contributed by atoms with Crippen LogP contribution in [-0.4, -0.2) is 34.9 Å². The smallest absolute Gasteiger partial charge is 0.262 e. The van der Waals surface area contributed by atoms with E-state index in [2.05, 4.69) is 57.8 Å². The Morgan fingerprint density at radius 2 is 1.74 bits per heavy atom. The van der Waals surface area contributed by atoms with Gasteiger partial charge in [0.1, 0.15) is 0 Å². The summed E-state index contributed by atoms with van der Waals surface area (Å²) < 4.78 is 27.6. The molecule has 1 amide bonds. The highest BCUT2D eigenvalue weighted by atomic mass is 79.9. The van der Waals surface area contributed by atoms with Gasteiger partial charge in [-0.2, -0.15) is 5.21 Å². The number of aromatic amines is 1. The number of rotatable bonds is 5. The van der Waals surface area contributed by atoms with Gasteiger partial charge in [0, 0.05) is 19.4 Å². The van der Waals surface area contributed by atoms with Crippen LogP contribution in [0.5, 0.6) is 0 Å². The van der Waals surface area contributed by atoms with Gasteiger partial charge in [0.2, 0.25) is 5.82 Å². The minimum atomic E-state index is -3.65. The Kier molecular flexibility index (Phi) is 6.62. The molecule has 0 fully saturated rings. The van der Waals surface area contributed by atoms with E-state index >= 15 is 0 Å². The standard InChI is InChI=1S/C23H15Br2N5O3S2/c24-17-2-1-3-18(25)16(17)12-35(32,33)15-8-9-20-19(11-15)26-23(31)21(34-20)10-13-4-6-14(7-5-13)22-27-29-30-28-22/h1-11H,12H2,(H,26,31)(H,27,28,29,30)/b21-10-. The van der Waals surface area contributed by atoms with Gasteiger partial charge in [-0.1, -0.05) is 74.0 Å². The molecule has 8 nitrogen and oxygen atoms in total. The molecule has 0 atom stereocenters. The van der Waals surface area contributed by atoms with Gasteiger partial charge >= 0.3 is 0 Å². The van der Waals surface area contributed by atoms with Crippen molar-refractivity contribution in [1.82, 2.24) is 20.6 Å². The Balaban J connectivity index is 1.38. The molecule has 3 aromatic carbocycles. The van der Waals surface area contributed by atoms with E-state index in [4.69, 9.17) is 0 Å². The maximum absolute atomic E-state index is 13.1. The van der Waals surface area contributed by atoms with Crippen LogP contribution in [0.15, 0.2) is 84.3 Å². The van der Waals surface area contributed by atoms with Crippen LogP contribution < -0.4 is 5.32 Å². The fraction of sp³-hybridized carbons (Fsp3) is 0.0435. The zero-order chi connectivity index (χ0) is 24.6. The van der Waals surface area contributed by atoms with E-state index in [-0.39, 0.29) is 16.6 Å². The molecular formula is C23H15Br2N5O3S2. The van der Waals surface area contributed by atoms with Crippen molar-refractivity contribution < 1.29 is 13.2 Å². The number of nitrogens with zero attached hydrogens (tertiary/aromatic N) is 3. The highest BCUT2D eigenvalue weighted by molar-refractivity contribution is 9.11. The molecule has 4 aromatic rings. The van der Waals surface area contributed by atoms with E-state index in [1.54, 1.807) is 30.3 Å². The summed E-state index contributed by atoms with van der Waals surface area (Å²) in [5, 5.41) is 16.7. The van der Waals surface area contributed by atoms with Gasteiger partial charge in [0.15, 0.2) is 9.84 Å². The van der Waals surface area contributed by atoms with E-state index in [0.29, 0.717) is 30.9 Å². The molecule has 5 rings (SSSR count). The number of anilines is 1. The number of thioether (sulfide) groups is 1. The minimum Gasteiger partial charge on any atom is -0.320 e. The first-order valence-corrected chi connectivity index (χ1v) is 14.2. The van der Waals surface area contributed by atoms with E-state index < -0.39 is 9.84 Å². The average molecular weight is 633 g/mol.